The number of pyridine rings is 1. The first-order chi connectivity index (χ1) is 10.1. The minimum Gasteiger partial charge on any atom is -0.465 e. The minimum absolute atomic E-state index is 0.173. The molecule has 0 unspecified atom stereocenters. The molecule has 0 bridgehead atoms. The Kier molecular flexibility index (Phi) is 3.37. The van der Waals surface area contributed by atoms with Crippen molar-refractivity contribution in [1.29, 1.82) is 0 Å². The fraction of sp³-hybridized carbons (Fsp3) is 0.333. The minimum atomic E-state index is -0.954. The summed E-state index contributed by atoms with van der Waals surface area (Å²) in [7, 11) is 0. The van der Waals surface area contributed by atoms with Crippen LogP contribution in [-0.2, 0) is 0 Å². The number of halogens is 1. The van der Waals surface area contributed by atoms with Crippen LogP contribution in [0.25, 0.3) is 10.9 Å². The summed E-state index contributed by atoms with van der Waals surface area (Å²) in [5.74, 6) is -0.425. The standard InChI is InChI=1S/C15H15FN2O3/c16-12-3-1-2-10-4-5-13(19)18(14(10)12)11-6-8-17(9-7-11)15(20)21/h1-5,11H,6-9H2,(H,20,21). The zero-order valence-electron chi connectivity index (χ0n) is 11.3. The summed E-state index contributed by atoms with van der Waals surface area (Å²) in [6.45, 7) is 0.717. The van der Waals surface area contributed by atoms with Crippen LogP contribution in [0.15, 0.2) is 35.1 Å². The highest BCUT2D eigenvalue weighted by atomic mass is 19.1. The lowest BCUT2D eigenvalue weighted by molar-refractivity contribution is 0.125. The van der Waals surface area contributed by atoms with Gasteiger partial charge in [-0.1, -0.05) is 12.1 Å². The number of para-hydroxylation sites is 1. The molecule has 0 atom stereocenters. The third-order valence-corrected chi connectivity index (χ3v) is 4.00. The largest absolute Gasteiger partial charge is 0.465 e. The molecule has 1 N–H and O–H groups in total. The normalized spacial score (nSPS) is 16.3. The predicted octanol–water partition coefficient (Wildman–Crippen LogP) is 2.46. The molecule has 21 heavy (non-hydrogen) atoms. The number of benzene rings is 1. The van der Waals surface area contributed by atoms with Gasteiger partial charge in [0, 0.05) is 30.6 Å². The van der Waals surface area contributed by atoms with Crippen molar-refractivity contribution >= 4 is 17.0 Å². The Morgan fingerprint density at radius 2 is 1.90 bits per heavy atom. The van der Waals surface area contributed by atoms with Gasteiger partial charge >= 0.3 is 6.09 Å². The zero-order chi connectivity index (χ0) is 15.0. The molecule has 5 nitrogen and oxygen atoms in total. The maximum absolute atomic E-state index is 14.1. The first kappa shape index (κ1) is 13.6. The topological polar surface area (TPSA) is 62.5 Å². The molecule has 3 rings (SSSR count). The van der Waals surface area contributed by atoms with E-state index in [2.05, 4.69) is 0 Å². The van der Waals surface area contributed by atoms with E-state index >= 15 is 0 Å². The number of likely N-dealkylation sites (tertiary alicyclic amines) is 1. The molecule has 0 radical (unpaired) electrons. The van der Waals surface area contributed by atoms with E-state index < -0.39 is 11.9 Å². The maximum Gasteiger partial charge on any atom is 0.407 e. The molecule has 1 aromatic carbocycles. The van der Waals surface area contributed by atoms with E-state index in [0.717, 1.165) is 0 Å². The highest BCUT2D eigenvalue weighted by Crippen LogP contribution is 2.26. The molecule has 1 aliphatic rings. The number of hydrogen-bond donors (Lipinski definition) is 1. The van der Waals surface area contributed by atoms with Gasteiger partial charge in [0.1, 0.15) is 5.82 Å². The van der Waals surface area contributed by atoms with Crippen LogP contribution in [0, 0.1) is 5.82 Å². The first-order valence-corrected chi connectivity index (χ1v) is 6.85. The summed E-state index contributed by atoms with van der Waals surface area (Å²) in [5.41, 5.74) is 0.0557. The van der Waals surface area contributed by atoms with Crippen LogP contribution >= 0.6 is 0 Å². The van der Waals surface area contributed by atoms with E-state index in [1.165, 1.54) is 21.6 Å². The smallest absolute Gasteiger partial charge is 0.407 e. The molecule has 6 heteroatoms. The van der Waals surface area contributed by atoms with Gasteiger partial charge in [-0.25, -0.2) is 9.18 Å². The van der Waals surface area contributed by atoms with Crippen molar-refractivity contribution < 1.29 is 14.3 Å². The molecule has 2 aromatic rings. The number of rotatable bonds is 1. The van der Waals surface area contributed by atoms with Gasteiger partial charge < -0.3 is 14.6 Å². The number of piperidine rings is 1. The second kappa shape index (κ2) is 5.20. The number of aromatic nitrogens is 1. The van der Waals surface area contributed by atoms with Crippen molar-refractivity contribution in [2.75, 3.05) is 13.1 Å². The second-order valence-electron chi connectivity index (χ2n) is 5.22. The van der Waals surface area contributed by atoms with Crippen LogP contribution in [-0.4, -0.2) is 33.8 Å². The van der Waals surface area contributed by atoms with E-state index in [1.807, 2.05) is 0 Å². The summed E-state index contributed by atoms with van der Waals surface area (Å²) < 4.78 is 15.6. The van der Waals surface area contributed by atoms with Gasteiger partial charge in [-0.2, -0.15) is 0 Å². The van der Waals surface area contributed by atoms with Crippen molar-refractivity contribution in [3.63, 3.8) is 0 Å². The summed E-state index contributed by atoms with van der Waals surface area (Å²) in [4.78, 5) is 24.4. The molecule has 0 spiro atoms. The number of nitrogens with zero attached hydrogens (tertiary/aromatic N) is 2. The molecular formula is C15H15FN2O3. The number of amides is 1. The zero-order valence-corrected chi connectivity index (χ0v) is 11.3. The van der Waals surface area contributed by atoms with Gasteiger partial charge in [-0.3, -0.25) is 4.79 Å². The van der Waals surface area contributed by atoms with Crippen LogP contribution < -0.4 is 5.56 Å². The van der Waals surface area contributed by atoms with Gasteiger partial charge in [0.25, 0.3) is 5.56 Å². The van der Waals surface area contributed by atoms with E-state index in [4.69, 9.17) is 5.11 Å². The lowest BCUT2D eigenvalue weighted by Gasteiger charge is -2.31. The lowest BCUT2D eigenvalue weighted by Crippen LogP contribution is -2.40. The van der Waals surface area contributed by atoms with Gasteiger partial charge in [0.05, 0.1) is 5.52 Å². The highest BCUT2D eigenvalue weighted by Gasteiger charge is 2.25. The fourth-order valence-electron chi connectivity index (χ4n) is 2.95. The molecule has 0 saturated carbocycles. The monoisotopic (exact) mass is 290 g/mol. The number of carboxylic acid groups (broad SMARTS) is 1. The molecule has 1 saturated heterocycles. The average molecular weight is 290 g/mol. The van der Waals surface area contributed by atoms with E-state index in [-0.39, 0.29) is 11.6 Å². The van der Waals surface area contributed by atoms with Crippen LogP contribution in [0.1, 0.15) is 18.9 Å². The predicted molar refractivity (Wildman–Crippen MR) is 76.0 cm³/mol. The van der Waals surface area contributed by atoms with Gasteiger partial charge in [0.2, 0.25) is 0 Å². The Hall–Kier alpha value is -2.37. The Morgan fingerprint density at radius 3 is 2.57 bits per heavy atom. The van der Waals surface area contributed by atoms with Crippen LogP contribution in [0.5, 0.6) is 0 Å². The van der Waals surface area contributed by atoms with Crippen LogP contribution in [0.2, 0.25) is 0 Å². The summed E-state index contributed by atoms with van der Waals surface area (Å²) >= 11 is 0. The summed E-state index contributed by atoms with van der Waals surface area (Å²) in [5, 5.41) is 9.64. The Bertz CT molecular complexity index is 748. The van der Waals surface area contributed by atoms with Crippen LogP contribution in [0.4, 0.5) is 9.18 Å². The van der Waals surface area contributed by atoms with E-state index in [9.17, 15) is 14.0 Å². The fourth-order valence-corrected chi connectivity index (χ4v) is 2.95. The first-order valence-electron chi connectivity index (χ1n) is 6.85. The van der Waals surface area contributed by atoms with Crippen molar-refractivity contribution in [3.8, 4) is 0 Å². The summed E-state index contributed by atoms with van der Waals surface area (Å²) in [6, 6.07) is 7.59. The van der Waals surface area contributed by atoms with E-state index in [1.54, 1.807) is 18.2 Å². The molecule has 1 aromatic heterocycles. The number of hydrogen-bond acceptors (Lipinski definition) is 2. The van der Waals surface area contributed by atoms with Gasteiger partial charge in [-0.05, 0) is 25.0 Å². The van der Waals surface area contributed by atoms with E-state index in [0.29, 0.717) is 36.8 Å². The molecule has 0 aliphatic carbocycles. The lowest BCUT2D eigenvalue weighted by atomic mass is 10.0. The highest BCUT2D eigenvalue weighted by molar-refractivity contribution is 5.79. The molecule has 1 aliphatic heterocycles. The average Bonchev–Trinajstić information content (AvgIpc) is 2.48. The Labute approximate surface area is 120 Å². The van der Waals surface area contributed by atoms with Crippen LogP contribution in [0.3, 0.4) is 0 Å². The van der Waals surface area contributed by atoms with Crippen molar-refractivity contribution in [3.05, 3.63) is 46.5 Å². The number of fused-ring (bicyclic) bond motifs is 1. The Morgan fingerprint density at radius 1 is 1.19 bits per heavy atom. The molecule has 1 amide bonds. The van der Waals surface area contributed by atoms with Crippen molar-refractivity contribution in [1.82, 2.24) is 9.47 Å². The van der Waals surface area contributed by atoms with Gasteiger partial charge in [-0.15, -0.1) is 0 Å². The second-order valence-corrected chi connectivity index (χ2v) is 5.22. The number of carbonyl (C=O) groups is 1. The maximum atomic E-state index is 14.1. The van der Waals surface area contributed by atoms with Crippen molar-refractivity contribution in [2.45, 2.75) is 18.9 Å². The SMILES string of the molecule is O=C(O)N1CCC(n2c(=O)ccc3cccc(F)c32)CC1. The third kappa shape index (κ3) is 2.37. The third-order valence-electron chi connectivity index (χ3n) is 4.00. The van der Waals surface area contributed by atoms with Gasteiger partial charge in [0.15, 0.2) is 0 Å². The molecule has 1 fully saturated rings. The Balaban J connectivity index is 2.03. The quantitative estimate of drug-likeness (QED) is 0.877. The summed E-state index contributed by atoms with van der Waals surface area (Å²) in [6.07, 6.45) is 0.0733. The molecule has 110 valence electrons. The van der Waals surface area contributed by atoms with Crippen molar-refractivity contribution in [2.24, 2.45) is 0 Å². The molecular weight excluding hydrogens is 275 g/mol. The molecule has 2 heterocycles.